The minimum absolute atomic E-state index is 0.0316. The Morgan fingerprint density at radius 1 is 1.39 bits per heavy atom. The second-order valence-corrected chi connectivity index (χ2v) is 7.81. The molecule has 0 spiro atoms. The normalized spacial score (nSPS) is 28.9. The number of aliphatic hydroxyl groups is 1. The first kappa shape index (κ1) is 15.4. The van der Waals surface area contributed by atoms with Crippen molar-refractivity contribution in [3.63, 3.8) is 0 Å². The van der Waals surface area contributed by atoms with Gasteiger partial charge in [0.1, 0.15) is 9.84 Å². The third-order valence-corrected chi connectivity index (χ3v) is 4.58. The summed E-state index contributed by atoms with van der Waals surface area (Å²) in [5.41, 5.74) is -0.541. The van der Waals surface area contributed by atoms with Crippen molar-refractivity contribution >= 4 is 15.7 Å². The van der Waals surface area contributed by atoms with Crippen LogP contribution in [0.4, 0.5) is 0 Å². The summed E-state index contributed by atoms with van der Waals surface area (Å²) < 4.78 is 22.0. The van der Waals surface area contributed by atoms with E-state index in [0.717, 1.165) is 31.9 Å². The SMILES string of the molecule is CC1CCC(CO)(NC(=O)CCS(C)(=O)=O)CC1. The van der Waals surface area contributed by atoms with Crippen LogP contribution in [0.5, 0.6) is 0 Å². The fourth-order valence-corrected chi connectivity index (χ4v) is 2.83. The minimum Gasteiger partial charge on any atom is -0.394 e. The first-order valence-electron chi connectivity index (χ1n) is 6.36. The molecule has 0 saturated heterocycles. The van der Waals surface area contributed by atoms with Gasteiger partial charge in [-0.1, -0.05) is 6.92 Å². The van der Waals surface area contributed by atoms with Crippen molar-refractivity contribution in [1.82, 2.24) is 5.32 Å². The Balaban J connectivity index is 2.50. The van der Waals surface area contributed by atoms with E-state index >= 15 is 0 Å². The first-order chi connectivity index (χ1) is 8.26. The number of aliphatic hydroxyl groups excluding tert-OH is 1. The predicted octanol–water partition coefficient (Wildman–Crippen LogP) is 0.478. The molecule has 1 aliphatic rings. The van der Waals surface area contributed by atoms with E-state index in [9.17, 15) is 18.3 Å². The number of hydrogen-bond donors (Lipinski definition) is 2. The molecule has 0 heterocycles. The molecule has 106 valence electrons. The summed E-state index contributed by atoms with van der Waals surface area (Å²) in [6.07, 6.45) is 4.56. The minimum atomic E-state index is -3.12. The van der Waals surface area contributed by atoms with Crippen molar-refractivity contribution in [3.8, 4) is 0 Å². The summed E-state index contributed by atoms with van der Waals surface area (Å²) >= 11 is 0. The third kappa shape index (κ3) is 4.94. The Hall–Kier alpha value is -0.620. The molecule has 1 amide bonds. The smallest absolute Gasteiger partial charge is 0.221 e. The van der Waals surface area contributed by atoms with Crippen molar-refractivity contribution < 1.29 is 18.3 Å². The Kier molecular flexibility index (Phi) is 5.16. The molecule has 6 heteroatoms. The summed E-state index contributed by atoms with van der Waals surface area (Å²) in [7, 11) is -3.12. The van der Waals surface area contributed by atoms with Gasteiger partial charge in [-0.2, -0.15) is 0 Å². The number of nitrogens with one attached hydrogen (secondary N) is 1. The van der Waals surface area contributed by atoms with E-state index in [1.54, 1.807) is 0 Å². The van der Waals surface area contributed by atoms with E-state index in [0.29, 0.717) is 5.92 Å². The van der Waals surface area contributed by atoms with Crippen LogP contribution in [0.1, 0.15) is 39.0 Å². The van der Waals surface area contributed by atoms with E-state index in [1.165, 1.54) is 0 Å². The predicted molar refractivity (Wildman–Crippen MR) is 69.9 cm³/mol. The van der Waals surface area contributed by atoms with Crippen molar-refractivity contribution in [2.45, 2.75) is 44.6 Å². The largest absolute Gasteiger partial charge is 0.394 e. The highest BCUT2D eigenvalue weighted by Gasteiger charge is 2.34. The van der Waals surface area contributed by atoms with Crippen molar-refractivity contribution in [3.05, 3.63) is 0 Å². The quantitative estimate of drug-likeness (QED) is 0.765. The van der Waals surface area contributed by atoms with Gasteiger partial charge in [-0.3, -0.25) is 4.79 Å². The lowest BCUT2D eigenvalue weighted by atomic mass is 9.77. The zero-order valence-corrected chi connectivity index (χ0v) is 11.9. The van der Waals surface area contributed by atoms with Crippen molar-refractivity contribution in [2.24, 2.45) is 5.92 Å². The van der Waals surface area contributed by atoms with Gasteiger partial charge in [-0.25, -0.2) is 8.42 Å². The fourth-order valence-electron chi connectivity index (χ4n) is 2.27. The third-order valence-electron chi connectivity index (χ3n) is 3.64. The summed E-state index contributed by atoms with van der Waals surface area (Å²) in [4.78, 5) is 11.7. The monoisotopic (exact) mass is 277 g/mol. The van der Waals surface area contributed by atoms with Crippen LogP contribution in [0.3, 0.4) is 0 Å². The maximum Gasteiger partial charge on any atom is 0.221 e. The number of sulfone groups is 1. The second-order valence-electron chi connectivity index (χ2n) is 5.55. The van der Waals surface area contributed by atoms with Crippen LogP contribution in [0.15, 0.2) is 0 Å². The topological polar surface area (TPSA) is 83.5 Å². The molecule has 0 aromatic heterocycles. The van der Waals surface area contributed by atoms with Crippen LogP contribution < -0.4 is 5.32 Å². The highest BCUT2D eigenvalue weighted by atomic mass is 32.2. The highest BCUT2D eigenvalue weighted by Crippen LogP contribution is 2.31. The second kappa shape index (κ2) is 6.02. The molecule has 0 bridgehead atoms. The van der Waals surface area contributed by atoms with E-state index in [4.69, 9.17) is 0 Å². The maximum atomic E-state index is 11.7. The van der Waals surface area contributed by atoms with E-state index in [-0.39, 0.29) is 24.7 Å². The molecule has 0 aromatic rings. The molecule has 1 aliphatic carbocycles. The molecule has 2 N–H and O–H groups in total. The van der Waals surface area contributed by atoms with E-state index in [1.807, 2.05) is 0 Å². The molecule has 5 nitrogen and oxygen atoms in total. The van der Waals surface area contributed by atoms with Gasteiger partial charge in [-0.05, 0) is 31.6 Å². The Labute approximate surface area is 109 Å². The number of rotatable bonds is 5. The maximum absolute atomic E-state index is 11.7. The molecule has 1 rings (SSSR count). The highest BCUT2D eigenvalue weighted by molar-refractivity contribution is 7.90. The Morgan fingerprint density at radius 3 is 2.39 bits per heavy atom. The van der Waals surface area contributed by atoms with Crippen LogP contribution in [0.2, 0.25) is 0 Å². The molecule has 1 fully saturated rings. The van der Waals surface area contributed by atoms with Crippen LogP contribution in [-0.2, 0) is 14.6 Å². The molecule has 1 saturated carbocycles. The van der Waals surface area contributed by atoms with Crippen LogP contribution in [0.25, 0.3) is 0 Å². The number of hydrogen-bond acceptors (Lipinski definition) is 4. The lowest BCUT2D eigenvalue weighted by Gasteiger charge is -2.38. The molecular formula is C12H23NO4S. The van der Waals surface area contributed by atoms with Gasteiger partial charge < -0.3 is 10.4 Å². The molecular weight excluding hydrogens is 254 g/mol. The van der Waals surface area contributed by atoms with Gasteiger partial charge in [-0.15, -0.1) is 0 Å². The standard InChI is InChI=1S/C12H23NO4S/c1-10-3-6-12(9-14,7-4-10)13-11(15)5-8-18(2,16)17/h10,14H,3-9H2,1-2H3,(H,13,15). The van der Waals surface area contributed by atoms with Gasteiger partial charge in [0.25, 0.3) is 0 Å². The van der Waals surface area contributed by atoms with Crippen LogP contribution in [-0.4, -0.2) is 43.6 Å². The molecule has 0 radical (unpaired) electrons. The average Bonchev–Trinajstić information content (AvgIpc) is 2.29. The van der Waals surface area contributed by atoms with Crippen LogP contribution >= 0.6 is 0 Å². The Morgan fingerprint density at radius 2 is 1.94 bits per heavy atom. The number of amides is 1. The average molecular weight is 277 g/mol. The fraction of sp³-hybridized carbons (Fsp3) is 0.917. The van der Waals surface area contributed by atoms with Gasteiger partial charge >= 0.3 is 0 Å². The van der Waals surface area contributed by atoms with E-state index < -0.39 is 15.4 Å². The first-order valence-corrected chi connectivity index (χ1v) is 8.42. The molecule has 0 aliphatic heterocycles. The Bertz CT molecular complexity index is 383. The van der Waals surface area contributed by atoms with Gasteiger partial charge in [0.15, 0.2) is 0 Å². The van der Waals surface area contributed by atoms with Gasteiger partial charge in [0.05, 0.1) is 17.9 Å². The van der Waals surface area contributed by atoms with E-state index in [2.05, 4.69) is 12.2 Å². The summed E-state index contributed by atoms with van der Waals surface area (Å²) in [6.45, 7) is 2.08. The summed E-state index contributed by atoms with van der Waals surface area (Å²) in [5, 5.41) is 12.3. The van der Waals surface area contributed by atoms with Gasteiger partial charge in [0.2, 0.25) is 5.91 Å². The van der Waals surface area contributed by atoms with Gasteiger partial charge in [0, 0.05) is 12.7 Å². The number of carbonyl (C=O) groups excluding carboxylic acids is 1. The number of carbonyl (C=O) groups is 1. The molecule has 0 atom stereocenters. The zero-order chi connectivity index (χ0) is 13.8. The van der Waals surface area contributed by atoms with Crippen molar-refractivity contribution in [1.29, 1.82) is 0 Å². The van der Waals surface area contributed by atoms with Crippen molar-refractivity contribution in [2.75, 3.05) is 18.6 Å². The summed E-state index contributed by atoms with van der Waals surface area (Å²) in [6, 6.07) is 0. The summed E-state index contributed by atoms with van der Waals surface area (Å²) in [5.74, 6) is 0.193. The van der Waals surface area contributed by atoms with Crippen LogP contribution in [0, 0.1) is 5.92 Å². The molecule has 0 unspecified atom stereocenters. The molecule has 18 heavy (non-hydrogen) atoms. The lowest BCUT2D eigenvalue weighted by Crippen LogP contribution is -2.53. The lowest BCUT2D eigenvalue weighted by molar-refractivity contribution is -0.124. The molecule has 0 aromatic carbocycles. The zero-order valence-electron chi connectivity index (χ0n) is 11.1.